The molecule has 0 aliphatic rings. The van der Waals surface area contributed by atoms with Crippen molar-refractivity contribution >= 4 is 44.7 Å². The molecule has 2 nitrogen and oxygen atoms in total. The van der Waals surface area contributed by atoms with Crippen LogP contribution >= 0.6 is 15.9 Å². The van der Waals surface area contributed by atoms with Gasteiger partial charge >= 0.3 is 0 Å². The van der Waals surface area contributed by atoms with E-state index in [9.17, 15) is 0 Å². The first kappa shape index (κ1) is 14.8. The molecule has 3 aromatic rings. The number of aromatic nitrogens is 1. The zero-order valence-electron chi connectivity index (χ0n) is 12.6. The van der Waals surface area contributed by atoms with Gasteiger partial charge in [0.05, 0.1) is 11.2 Å². The molecule has 0 unspecified atom stereocenters. The Hall–Kier alpha value is -2.13. The van der Waals surface area contributed by atoms with Crippen LogP contribution in [0.15, 0.2) is 59.1 Å². The predicted octanol–water partition coefficient (Wildman–Crippen LogP) is 5.23. The molecule has 2 aromatic carbocycles. The summed E-state index contributed by atoms with van der Waals surface area (Å²) in [6.45, 7) is 0. The average molecular weight is 353 g/mol. The minimum atomic E-state index is 0.964. The van der Waals surface area contributed by atoms with Crippen LogP contribution in [0, 0.1) is 0 Å². The van der Waals surface area contributed by atoms with E-state index in [4.69, 9.17) is 0 Å². The van der Waals surface area contributed by atoms with Crippen LogP contribution in [-0.4, -0.2) is 19.1 Å². The van der Waals surface area contributed by atoms with Gasteiger partial charge in [-0.05, 0) is 48.0 Å². The van der Waals surface area contributed by atoms with Crippen molar-refractivity contribution in [1.82, 2.24) is 4.98 Å². The first-order valence-corrected chi connectivity index (χ1v) is 7.93. The standard InChI is InChI=1S/C19H17BrN2/c1-22(2)18-10-4-14(5-11-18)3-8-17-9-6-15-13-16(20)7-12-19(15)21-17/h3-13H,1-2H3/b8-3+. The third-order valence-electron chi connectivity index (χ3n) is 3.53. The SMILES string of the molecule is CN(C)c1ccc(/C=C/c2ccc3cc(Br)ccc3n2)cc1. The largest absolute Gasteiger partial charge is 0.378 e. The van der Waals surface area contributed by atoms with E-state index in [-0.39, 0.29) is 0 Å². The highest BCUT2D eigenvalue weighted by atomic mass is 79.9. The monoisotopic (exact) mass is 352 g/mol. The number of hydrogen-bond donors (Lipinski definition) is 0. The van der Waals surface area contributed by atoms with Gasteiger partial charge in [0.1, 0.15) is 0 Å². The van der Waals surface area contributed by atoms with E-state index in [1.807, 2.05) is 38.4 Å². The van der Waals surface area contributed by atoms with Gasteiger partial charge in [-0.2, -0.15) is 0 Å². The Morgan fingerprint density at radius 1 is 0.909 bits per heavy atom. The lowest BCUT2D eigenvalue weighted by Crippen LogP contribution is -2.07. The van der Waals surface area contributed by atoms with Crippen molar-refractivity contribution in [2.75, 3.05) is 19.0 Å². The highest BCUT2D eigenvalue weighted by molar-refractivity contribution is 9.10. The Morgan fingerprint density at radius 2 is 1.68 bits per heavy atom. The molecule has 0 aliphatic heterocycles. The Balaban J connectivity index is 1.84. The normalized spacial score (nSPS) is 11.2. The van der Waals surface area contributed by atoms with Crippen molar-refractivity contribution in [3.05, 3.63) is 70.3 Å². The summed E-state index contributed by atoms with van der Waals surface area (Å²) in [6.07, 6.45) is 4.14. The third-order valence-corrected chi connectivity index (χ3v) is 4.02. The van der Waals surface area contributed by atoms with Gasteiger partial charge in [-0.1, -0.05) is 40.2 Å². The van der Waals surface area contributed by atoms with Crippen LogP contribution in [-0.2, 0) is 0 Å². The van der Waals surface area contributed by atoms with Crippen LogP contribution in [0.4, 0.5) is 5.69 Å². The molecule has 0 N–H and O–H groups in total. The zero-order valence-corrected chi connectivity index (χ0v) is 14.2. The van der Waals surface area contributed by atoms with Crippen LogP contribution in [0.3, 0.4) is 0 Å². The van der Waals surface area contributed by atoms with E-state index in [0.717, 1.165) is 21.1 Å². The van der Waals surface area contributed by atoms with E-state index >= 15 is 0 Å². The van der Waals surface area contributed by atoms with Crippen LogP contribution in [0.2, 0.25) is 0 Å². The summed E-state index contributed by atoms with van der Waals surface area (Å²) < 4.78 is 1.08. The Kier molecular flexibility index (Phi) is 4.25. The van der Waals surface area contributed by atoms with E-state index in [2.05, 4.69) is 68.3 Å². The van der Waals surface area contributed by atoms with E-state index in [1.54, 1.807) is 0 Å². The van der Waals surface area contributed by atoms with Gasteiger partial charge in [-0.3, -0.25) is 0 Å². The number of hydrogen-bond acceptors (Lipinski definition) is 2. The molecule has 0 atom stereocenters. The van der Waals surface area contributed by atoms with E-state index in [1.165, 1.54) is 11.3 Å². The van der Waals surface area contributed by atoms with Gasteiger partial charge in [0.2, 0.25) is 0 Å². The molecule has 1 heterocycles. The van der Waals surface area contributed by atoms with Crippen LogP contribution < -0.4 is 4.90 Å². The number of nitrogens with zero attached hydrogens (tertiary/aromatic N) is 2. The smallest absolute Gasteiger partial charge is 0.0710 e. The fraction of sp³-hybridized carbons (Fsp3) is 0.105. The summed E-state index contributed by atoms with van der Waals surface area (Å²) >= 11 is 3.48. The van der Waals surface area contributed by atoms with Crippen molar-refractivity contribution in [2.45, 2.75) is 0 Å². The van der Waals surface area contributed by atoms with Crippen LogP contribution in [0.1, 0.15) is 11.3 Å². The molecule has 1 aromatic heterocycles. The molecule has 3 rings (SSSR count). The van der Waals surface area contributed by atoms with Gasteiger partial charge < -0.3 is 4.90 Å². The minimum Gasteiger partial charge on any atom is -0.378 e. The quantitative estimate of drug-likeness (QED) is 0.641. The Bertz CT molecular complexity index is 820. The lowest BCUT2D eigenvalue weighted by atomic mass is 10.1. The predicted molar refractivity (Wildman–Crippen MR) is 99.1 cm³/mol. The minimum absolute atomic E-state index is 0.964. The summed E-state index contributed by atoms with van der Waals surface area (Å²) in [5.74, 6) is 0. The maximum absolute atomic E-state index is 4.66. The fourth-order valence-electron chi connectivity index (χ4n) is 2.27. The Labute approximate surface area is 139 Å². The number of fused-ring (bicyclic) bond motifs is 1. The first-order valence-electron chi connectivity index (χ1n) is 7.13. The van der Waals surface area contributed by atoms with Crippen molar-refractivity contribution in [1.29, 1.82) is 0 Å². The summed E-state index contributed by atoms with van der Waals surface area (Å²) in [5, 5.41) is 1.14. The van der Waals surface area contributed by atoms with Gasteiger partial charge in [0.25, 0.3) is 0 Å². The summed E-state index contributed by atoms with van der Waals surface area (Å²) in [5.41, 5.74) is 4.34. The average Bonchev–Trinajstić information content (AvgIpc) is 2.53. The van der Waals surface area contributed by atoms with E-state index < -0.39 is 0 Å². The highest BCUT2D eigenvalue weighted by Gasteiger charge is 1.98. The summed E-state index contributed by atoms with van der Waals surface area (Å²) in [6, 6.07) is 18.7. The molecule has 0 saturated heterocycles. The molecular formula is C19H17BrN2. The molecule has 0 saturated carbocycles. The number of benzene rings is 2. The molecular weight excluding hydrogens is 336 g/mol. The van der Waals surface area contributed by atoms with Gasteiger partial charge in [-0.25, -0.2) is 4.98 Å². The molecule has 0 amide bonds. The molecule has 110 valence electrons. The molecule has 0 fully saturated rings. The first-order chi connectivity index (χ1) is 10.6. The molecule has 0 radical (unpaired) electrons. The second kappa shape index (κ2) is 6.32. The van der Waals surface area contributed by atoms with Crippen LogP contribution in [0.5, 0.6) is 0 Å². The Morgan fingerprint density at radius 3 is 2.41 bits per heavy atom. The summed E-state index contributed by atoms with van der Waals surface area (Å²) in [4.78, 5) is 6.76. The second-order valence-electron chi connectivity index (χ2n) is 5.39. The number of anilines is 1. The van der Waals surface area contributed by atoms with Crippen molar-refractivity contribution in [3.63, 3.8) is 0 Å². The van der Waals surface area contributed by atoms with Crippen molar-refractivity contribution in [2.24, 2.45) is 0 Å². The number of halogens is 1. The topological polar surface area (TPSA) is 16.1 Å². The molecule has 0 bridgehead atoms. The van der Waals surface area contributed by atoms with Gasteiger partial charge in [-0.15, -0.1) is 0 Å². The maximum atomic E-state index is 4.66. The zero-order chi connectivity index (χ0) is 15.5. The van der Waals surface area contributed by atoms with Crippen molar-refractivity contribution < 1.29 is 0 Å². The summed E-state index contributed by atoms with van der Waals surface area (Å²) in [7, 11) is 4.09. The van der Waals surface area contributed by atoms with Gasteiger partial charge in [0, 0.05) is 29.6 Å². The van der Waals surface area contributed by atoms with E-state index in [0.29, 0.717) is 0 Å². The molecule has 22 heavy (non-hydrogen) atoms. The molecule has 0 aliphatic carbocycles. The maximum Gasteiger partial charge on any atom is 0.0710 e. The lowest BCUT2D eigenvalue weighted by Gasteiger charge is -2.11. The number of rotatable bonds is 3. The second-order valence-corrected chi connectivity index (χ2v) is 6.31. The fourth-order valence-corrected chi connectivity index (χ4v) is 2.65. The number of pyridine rings is 1. The lowest BCUT2D eigenvalue weighted by molar-refractivity contribution is 1.13. The highest BCUT2D eigenvalue weighted by Crippen LogP contribution is 2.19. The van der Waals surface area contributed by atoms with Gasteiger partial charge in [0.15, 0.2) is 0 Å². The molecule has 0 spiro atoms. The third kappa shape index (κ3) is 3.37. The van der Waals surface area contributed by atoms with Crippen LogP contribution in [0.25, 0.3) is 23.1 Å². The molecule has 3 heteroatoms. The van der Waals surface area contributed by atoms with Crippen molar-refractivity contribution in [3.8, 4) is 0 Å².